The van der Waals surface area contributed by atoms with E-state index in [-0.39, 0.29) is 18.5 Å². The molecule has 0 amide bonds. The Balaban J connectivity index is 2.44. The van der Waals surface area contributed by atoms with Crippen LogP contribution in [0, 0.1) is 0 Å². The Labute approximate surface area is 99.9 Å². The summed E-state index contributed by atoms with van der Waals surface area (Å²) < 4.78 is 15.4. The first-order chi connectivity index (χ1) is 8.15. The van der Waals surface area contributed by atoms with Gasteiger partial charge in [0.05, 0.1) is 6.61 Å². The summed E-state index contributed by atoms with van der Waals surface area (Å²) in [6.07, 6.45) is -0.298. The van der Waals surface area contributed by atoms with Gasteiger partial charge in [-0.3, -0.25) is 0 Å². The Morgan fingerprint density at radius 2 is 2.06 bits per heavy atom. The fourth-order valence-electron chi connectivity index (χ4n) is 1.20. The molecule has 0 spiro atoms. The van der Waals surface area contributed by atoms with Crippen molar-refractivity contribution in [3.05, 3.63) is 29.8 Å². The van der Waals surface area contributed by atoms with E-state index in [9.17, 15) is 4.79 Å². The van der Waals surface area contributed by atoms with Crippen LogP contribution in [-0.2, 0) is 9.47 Å². The summed E-state index contributed by atoms with van der Waals surface area (Å²) >= 11 is 0. The van der Waals surface area contributed by atoms with Crippen molar-refractivity contribution in [1.29, 1.82) is 0 Å². The lowest BCUT2D eigenvalue weighted by Crippen LogP contribution is -2.16. The summed E-state index contributed by atoms with van der Waals surface area (Å²) in [4.78, 5) is 10.9. The molecule has 0 radical (unpaired) electrons. The minimum Gasteiger partial charge on any atom is -0.490 e. The van der Waals surface area contributed by atoms with Gasteiger partial charge in [-0.1, -0.05) is 12.1 Å². The average molecular weight is 240 g/mol. The molecule has 94 valence electrons. The number of hydrogen-bond acceptors (Lipinski definition) is 4. The molecule has 1 rings (SSSR count). The van der Waals surface area contributed by atoms with Gasteiger partial charge in [0.2, 0.25) is 0 Å². The maximum absolute atomic E-state index is 10.9. The standard InChI is InChI=1S/C12H16O5/c1-9(15-2)16-7-8-17-11-6-4-3-5-10(11)12(13)14/h3-6,9H,7-8H2,1-2H3,(H,13,14). The summed E-state index contributed by atoms with van der Waals surface area (Å²) in [6.45, 7) is 2.38. The van der Waals surface area contributed by atoms with Gasteiger partial charge in [-0.2, -0.15) is 0 Å². The van der Waals surface area contributed by atoms with Crippen molar-refractivity contribution in [2.75, 3.05) is 20.3 Å². The number of aromatic carboxylic acids is 1. The Morgan fingerprint density at radius 1 is 1.35 bits per heavy atom. The molecular weight excluding hydrogens is 224 g/mol. The van der Waals surface area contributed by atoms with Gasteiger partial charge in [0, 0.05) is 7.11 Å². The van der Waals surface area contributed by atoms with E-state index in [1.54, 1.807) is 32.2 Å². The average Bonchev–Trinajstić information content (AvgIpc) is 2.34. The molecule has 1 unspecified atom stereocenters. The van der Waals surface area contributed by atoms with E-state index in [1.807, 2.05) is 0 Å². The van der Waals surface area contributed by atoms with Crippen molar-refractivity contribution in [3.63, 3.8) is 0 Å². The molecule has 1 aromatic rings. The molecule has 0 aliphatic rings. The summed E-state index contributed by atoms with van der Waals surface area (Å²) in [5.41, 5.74) is 0.146. The zero-order chi connectivity index (χ0) is 12.7. The SMILES string of the molecule is COC(C)OCCOc1ccccc1C(=O)O. The van der Waals surface area contributed by atoms with E-state index in [4.69, 9.17) is 19.3 Å². The predicted molar refractivity (Wildman–Crippen MR) is 61.3 cm³/mol. The highest BCUT2D eigenvalue weighted by atomic mass is 16.7. The van der Waals surface area contributed by atoms with Gasteiger partial charge in [-0.15, -0.1) is 0 Å². The second-order valence-corrected chi connectivity index (χ2v) is 3.32. The van der Waals surface area contributed by atoms with Crippen LogP contribution in [0.15, 0.2) is 24.3 Å². The van der Waals surface area contributed by atoms with E-state index in [2.05, 4.69) is 0 Å². The summed E-state index contributed by atoms with van der Waals surface area (Å²) in [7, 11) is 1.55. The molecule has 0 aromatic heterocycles. The number of methoxy groups -OCH3 is 1. The fourth-order valence-corrected chi connectivity index (χ4v) is 1.20. The second kappa shape index (κ2) is 6.88. The van der Waals surface area contributed by atoms with Crippen molar-refractivity contribution >= 4 is 5.97 Å². The molecule has 0 saturated heterocycles. The molecule has 0 aliphatic carbocycles. The summed E-state index contributed by atoms with van der Waals surface area (Å²) in [5, 5.41) is 8.92. The third-order valence-corrected chi connectivity index (χ3v) is 2.14. The van der Waals surface area contributed by atoms with Gasteiger partial charge in [0.25, 0.3) is 0 Å². The maximum Gasteiger partial charge on any atom is 0.339 e. The van der Waals surface area contributed by atoms with E-state index >= 15 is 0 Å². The van der Waals surface area contributed by atoms with Gasteiger partial charge in [-0.25, -0.2) is 4.79 Å². The first-order valence-corrected chi connectivity index (χ1v) is 5.24. The lowest BCUT2D eigenvalue weighted by Gasteiger charge is -2.12. The van der Waals surface area contributed by atoms with Crippen molar-refractivity contribution in [2.24, 2.45) is 0 Å². The number of benzene rings is 1. The van der Waals surface area contributed by atoms with Gasteiger partial charge in [-0.05, 0) is 19.1 Å². The van der Waals surface area contributed by atoms with Crippen LogP contribution in [0.25, 0.3) is 0 Å². The number of carboxylic acid groups (broad SMARTS) is 1. The minimum absolute atomic E-state index is 0.146. The van der Waals surface area contributed by atoms with E-state index < -0.39 is 5.97 Å². The van der Waals surface area contributed by atoms with Gasteiger partial charge in [0.15, 0.2) is 6.29 Å². The van der Waals surface area contributed by atoms with Crippen LogP contribution in [0.3, 0.4) is 0 Å². The third-order valence-electron chi connectivity index (χ3n) is 2.14. The highest BCUT2D eigenvalue weighted by Crippen LogP contribution is 2.17. The Bertz CT molecular complexity index is 364. The molecular formula is C12H16O5. The monoisotopic (exact) mass is 240 g/mol. The number of para-hydroxylation sites is 1. The molecule has 5 nitrogen and oxygen atoms in total. The zero-order valence-corrected chi connectivity index (χ0v) is 9.88. The molecule has 1 aromatic carbocycles. The Morgan fingerprint density at radius 3 is 2.71 bits per heavy atom. The Kier molecular flexibility index (Phi) is 5.45. The molecule has 1 N–H and O–H groups in total. The number of hydrogen-bond donors (Lipinski definition) is 1. The van der Waals surface area contributed by atoms with E-state index in [0.717, 1.165) is 0 Å². The summed E-state index contributed by atoms with van der Waals surface area (Å²) in [6, 6.07) is 6.49. The number of carboxylic acids is 1. The topological polar surface area (TPSA) is 65.0 Å². The van der Waals surface area contributed by atoms with Gasteiger partial charge < -0.3 is 19.3 Å². The lowest BCUT2D eigenvalue weighted by molar-refractivity contribution is -0.115. The fraction of sp³-hybridized carbons (Fsp3) is 0.417. The first kappa shape index (κ1) is 13.5. The third kappa shape index (κ3) is 4.42. The van der Waals surface area contributed by atoms with Crippen LogP contribution in [0.5, 0.6) is 5.75 Å². The highest BCUT2D eigenvalue weighted by Gasteiger charge is 2.09. The van der Waals surface area contributed by atoms with Gasteiger partial charge in [0.1, 0.15) is 17.9 Å². The quantitative estimate of drug-likeness (QED) is 0.581. The summed E-state index contributed by atoms with van der Waals surface area (Å²) in [5.74, 6) is -0.666. The highest BCUT2D eigenvalue weighted by molar-refractivity contribution is 5.90. The maximum atomic E-state index is 10.9. The first-order valence-electron chi connectivity index (χ1n) is 5.24. The van der Waals surface area contributed by atoms with Crippen LogP contribution >= 0.6 is 0 Å². The van der Waals surface area contributed by atoms with Crippen LogP contribution in [-0.4, -0.2) is 37.7 Å². The zero-order valence-electron chi connectivity index (χ0n) is 9.88. The van der Waals surface area contributed by atoms with Crippen molar-refractivity contribution < 1.29 is 24.1 Å². The van der Waals surface area contributed by atoms with E-state index in [0.29, 0.717) is 12.4 Å². The molecule has 17 heavy (non-hydrogen) atoms. The lowest BCUT2D eigenvalue weighted by atomic mass is 10.2. The molecule has 0 heterocycles. The molecule has 0 aliphatic heterocycles. The minimum atomic E-state index is -1.01. The molecule has 1 atom stereocenters. The number of ether oxygens (including phenoxy) is 3. The van der Waals surface area contributed by atoms with Gasteiger partial charge >= 0.3 is 5.97 Å². The van der Waals surface area contributed by atoms with Crippen molar-refractivity contribution in [2.45, 2.75) is 13.2 Å². The number of rotatable bonds is 7. The predicted octanol–water partition coefficient (Wildman–Crippen LogP) is 1.77. The van der Waals surface area contributed by atoms with Crippen LogP contribution in [0.2, 0.25) is 0 Å². The largest absolute Gasteiger partial charge is 0.490 e. The number of carbonyl (C=O) groups is 1. The molecule has 0 bridgehead atoms. The molecule has 5 heteroatoms. The van der Waals surface area contributed by atoms with Crippen molar-refractivity contribution in [1.82, 2.24) is 0 Å². The van der Waals surface area contributed by atoms with E-state index in [1.165, 1.54) is 6.07 Å². The smallest absolute Gasteiger partial charge is 0.339 e. The Hall–Kier alpha value is -1.59. The van der Waals surface area contributed by atoms with Crippen LogP contribution in [0.1, 0.15) is 17.3 Å². The van der Waals surface area contributed by atoms with Crippen LogP contribution < -0.4 is 4.74 Å². The second-order valence-electron chi connectivity index (χ2n) is 3.32. The van der Waals surface area contributed by atoms with Crippen LogP contribution in [0.4, 0.5) is 0 Å². The molecule has 0 saturated carbocycles. The van der Waals surface area contributed by atoms with Crippen molar-refractivity contribution in [3.8, 4) is 5.75 Å². The molecule has 0 fully saturated rings. The normalized spacial score (nSPS) is 12.1.